The third kappa shape index (κ3) is 0.858. The maximum Gasteiger partial charge on any atom is 0.145 e. The van der Waals surface area contributed by atoms with Crippen molar-refractivity contribution in [1.29, 1.82) is 5.41 Å². The van der Waals surface area contributed by atoms with Crippen molar-refractivity contribution in [2.45, 2.75) is 0 Å². The number of hydrazine groups is 2. The Bertz CT molecular complexity index is 280. The van der Waals surface area contributed by atoms with Crippen LogP contribution in [0.1, 0.15) is 0 Å². The average molecular weight is 166 g/mol. The summed E-state index contributed by atoms with van der Waals surface area (Å²) in [6.07, 6.45) is 5.15. The normalized spacial score (nSPS) is 21.7. The minimum absolute atomic E-state index is 0.346. The van der Waals surface area contributed by atoms with Gasteiger partial charge in [0.25, 0.3) is 0 Å². The first kappa shape index (κ1) is 7.14. The van der Waals surface area contributed by atoms with Crippen LogP contribution in [0.25, 0.3) is 0 Å². The molecule has 12 heavy (non-hydrogen) atoms. The lowest BCUT2D eigenvalue weighted by Gasteiger charge is -2.30. The summed E-state index contributed by atoms with van der Waals surface area (Å²) in [6.45, 7) is 0.465. The van der Waals surface area contributed by atoms with E-state index >= 15 is 0 Å². The van der Waals surface area contributed by atoms with Crippen LogP contribution >= 0.6 is 0 Å². The fourth-order valence-corrected chi connectivity index (χ4v) is 1.17. The van der Waals surface area contributed by atoms with E-state index in [0.717, 1.165) is 5.82 Å². The number of nitrogens with zero attached hydrogens (tertiary/aromatic N) is 3. The van der Waals surface area contributed by atoms with Crippen LogP contribution in [0.3, 0.4) is 0 Å². The van der Waals surface area contributed by atoms with E-state index in [2.05, 4.69) is 0 Å². The molecule has 0 aromatic rings. The SMILES string of the molecule is N=C1CN2C=CN(N)C2=CN1N. The number of nitrogens with two attached hydrogens (primary N) is 2. The van der Waals surface area contributed by atoms with Crippen LogP contribution in [0.2, 0.25) is 0 Å². The van der Waals surface area contributed by atoms with E-state index in [1.807, 2.05) is 11.1 Å². The minimum atomic E-state index is 0.346. The predicted octanol–water partition coefficient (Wildman–Crippen LogP) is -1.09. The van der Waals surface area contributed by atoms with E-state index in [1.54, 1.807) is 12.4 Å². The fraction of sp³-hybridized carbons (Fsp3) is 0.167. The molecule has 0 saturated carbocycles. The van der Waals surface area contributed by atoms with Gasteiger partial charge in [0.1, 0.15) is 11.7 Å². The highest BCUT2D eigenvalue weighted by molar-refractivity contribution is 5.83. The largest absolute Gasteiger partial charge is 0.323 e. The fourth-order valence-electron chi connectivity index (χ4n) is 1.17. The van der Waals surface area contributed by atoms with Gasteiger partial charge in [0.2, 0.25) is 0 Å². The first-order valence-electron chi connectivity index (χ1n) is 3.50. The molecule has 2 aliphatic rings. The molecule has 2 rings (SSSR count). The van der Waals surface area contributed by atoms with Crippen molar-refractivity contribution < 1.29 is 0 Å². The highest BCUT2D eigenvalue weighted by Gasteiger charge is 2.24. The van der Waals surface area contributed by atoms with Crippen molar-refractivity contribution in [2.24, 2.45) is 11.7 Å². The second-order valence-electron chi connectivity index (χ2n) is 2.67. The second kappa shape index (κ2) is 2.23. The zero-order valence-corrected chi connectivity index (χ0v) is 6.44. The Balaban J connectivity index is 2.32. The molecule has 0 aromatic carbocycles. The van der Waals surface area contributed by atoms with Gasteiger partial charge in [-0.2, -0.15) is 0 Å². The standard InChI is InChI=1S/C6H10N6/c7-5-3-10-1-2-11(8)6(10)4-12(5)9/h1-2,4,7H,3,8-9H2. The van der Waals surface area contributed by atoms with Gasteiger partial charge in [-0.3, -0.25) is 15.4 Å². The van der Waals surface area contributed by atoms with Crippen molar-refractivity contribution in [3.63, 3.8) is 0 Å². The topological polar surface area (TPSA) is 85.6 Å². The number of hydrogen-bond donors (Lipinski definition) is 3. The van der Waals surface area contributed by atoms with Gasteiger partial charge in [0, 0.05) is 12.4 Å². The highest BCUT2D eigenvalue weighted by atomic mass is 15.6. The number of fused-ring (bicyclic) bond motifs is 1. The molecular formula is C6H10N6. The zero-order chi connectivity index (χ0) is 8.72. The maximum atomic E-state index is 7.43. The Morgan fingerprint density at radius 1 is 1.25 bits per heavy atom. The minimum Gasteiger partial charge on any atom is -0.323 e. The van der Waals surface area contributed by atoms with Gasteiger partial charge in [0.05, 0.1) is 12.7 Å². The van der Waals surface area contributed by atoms with Crippen LogP contribution in [0.5, 0.6) is 0 Å². The van der Waals surface area contributed by atoms with Crippen LogP contribution in [0.4, 0.5) is 0 Å². The van der Waals surface area contributed by atoms with Gasteiger partial charge in [-0.15, -0.1) is 0 Å². The van der Waals surface area contributed by atoms with Crippen LogP contribution in [0, 0.1) is 5.41 Å². The molecule has 0 spiro atoms. The molecule has 0 radical (unpaired) electrons. The quantitative estimate of drug-likeness (QED) is 0.398. The molecule has 0 aromatic heterocycles. The smallest absolute Gasteiger partial charge is 0.145 e. The first-order valence-corrected chi connectivity index (χ1v) is 3.50. The summed E-state index contributed by atoms with van der Waals surface area (Å²) >= 11 is 0. The number of rotatable bonds is 0. The summed E-state index contributed by atoms with van der Waals surface area (Å²) in [7, 11) is 0. The van der Waals surface area contributed by atoms with Crippen molar-refractivity contribution >= 4 is 5.84 Å². The van der Waals surface area contributed by atoms with Crippen molar-refractivity contribution in [1.82, 2.24) is 14.9 Å². The highest BCUT2D eigenvalue weighted by Crippen LogP contribution is 2.19. The van der Waals surface area contributed by atoms with Gasteiger partial charge >= 0.3 is 0 Å². The maximum absolute atomic E-state index is 7.43. The Kier molecular flexibility index (Phi) is 1.32. The Morgan fingerprint density at radius 2 is 2.00 bits per heavy atom. The van der Waals surface area contributed by atoms with Crippen molar-refractivity contribution in [2.75, 3.05) is 6.54 Å². The molecule has 0 aliphatic carbocycles. The molecule has 6 heteroatoms. The summed E-state index contributed by atoms with van der Waals surface area (Å²) in [4.78, 5) is 1.85. The average Bonchev–Trinajstić information content (AvgIpc) is 2.35. The van der Waals surface area contributed by atoms with E-state index in [0.29, 0.717) is 12.4 Å². The van der Waals surface area contributed by atoms with Crippen LogP contribution in [-0.2, 0) is 0 Å². The molecule has 0 amide bonds. The van der Waals surface area contributed by atoms with Gasteiger partial charge in [-0.25, -0.2) is 11.7 Å². The van der Waals surface area contributed by atoms with Gasteiger partial charge in [-0.1, -0.05) is 0 Å². The first-order chi connectivity index (χ1) is 5.68. The van der Waals surface area contributed by atoms with Crippen LogP contribution < -0.4 is 11.7 Å². The third-order valence-electron chi connectivity index (χ3n) is 1.85. The molecule has 0 unspecified atom stereocenters. The number of nitrogens with one attached hydrogen (secondary N) is 1. The van der Waals surface area contributed by atoms with E-state index in [4.69, 9.17) is 17.1 Å². The zero-order valence-electron chi connectivity index (χ0n) is 6.44. The molecule has 6 nitrogen and oxygen atoms in total. The molecule has 5 N–H and O–H groups in total. The molecule has 64 valence electrons. The van der Waals surface area contributed by atoms with E-state index < -0.39 is 0 Å². The van der Waals surface area contributed by atoms with Crippen LogP contribution in [-0.4, -0.2) is 27.3 Å². The van der Waals surface area contributed by atoms with E-state index in [-0.39, 0.29) is 0 Å². The molecule has 0 fully saturated rings. The molecule has 2 heterocycles. The third-order valence-corrected chi connectivity index (χ3v) is 1.85. The lowest BCUT2D eigenvalue weighted by molar-refractivity contribution is 0.344. The number of amidine groups is 1. The van der Waals surface area contributed by atoms with Gasteiger partial charge < -0.3 is 4.90 Å². The number of hydrogen-bond acceptors (Lipinski definition) is 5. The summed E-state index contributed by atoms with van der Waals surface area (Å²) in [5.74, 6) is 12.2. The summed E-state index contributed by atoms with van der Waals surface area (Å²) in [6, 6.07) is 0. The lowest BCUT2D eigenvalue weighted by Crippen LogP contribution is -2.45. The Labute approximate surface area is 69.8 Å². The molecule has 2 aliphatic heterocycles. The summed E-state index contributed by atoms with van der Waals surface area (Å²) in [5.41, 5.74) is 0. The summed E-state index contributed by atoms with van der Waals surface area (Å²) < 4.78 is 0. The van der Waals surface area contributed by atoms with Crippen molar-refractivity contribution in [3.8, 4) is 0 Å². The lowest BCUT2D eigenvalue weighted by atomic mass is 10.4. The summed E-state index contributed by atoms with van der Waals surface area (Å²) in [5, 5.41) is 10.2. The van der Waals surface area contributed by atoms with Crippen LogP contribution in [0.15, 0.2) is 24.4 Å². The monoisotopic (exact) mass is 166 g/mol. The molecule has 0 saturated heterocycles. The Morgan fingerprint density at radius 3 is 2.75 bits per heavy atom. The Hall–Kier alpha value is -1.53. The molecule has 0 bridgehead atoms. The van der Waals surface area contributed by atoms with Gasteiger partial charge in [0.15, 0.2) is 0 Å². The predicted molar refractivity (Wildman–Crippen MR) is 43.7 cm³/mol. The van der Waals surface area contributed by atoms with E-state index in [1.165, 1.54) is 10.0 Å². The second-order valence-corrected chi connectivity index (χ2v) is 2.67. The molecule has 0 atom stereocenters. The van der Waals surface area contributed by atoms with Gasteiger partial charge in [-0.05, 0) is 0 Å². The van der Waals surface area contributed by atoms with E-state index in [9.17, 15) is 0 Å². The van der Waals surface area contributed by atoms with Crippen molar-refractivity contribution in [3.05, 3.63) is 24.4 Å². The molecular weight excluding hydrogens is 156 g/mol.